The first-order valence-electron chi connectivity index (χ1n) is 30.6. The first-order valence-corrected chi connectivity index (χ1v) is 30.6. The summed E-state index contributed by atoms with van der Waals surface area (Å²) in [7, 11) is 0. The van der Waals surface area contributed by atoms with Crippen LogP contribution in [0.4, 0.5) is 0 Å². The van der Waals surface area contributed by atoms with Gasteiger partial charge in [0.2, 0.25) is 0 Å². The van der Waals surface area contributed by atoms with Crippen LogP contribution in [0.3, 0.4) is 0 Å². The maximum atomic E-state index is 12.9. The third-order valence-electron chi connectivity index (χ3n) is 13.2. The third kappa shape index (κ3) is 57.5. The largest absolute Gasteiger partial charge is 0.462 e. The van der Waals surface area contributed by atoms with Gasteiger partial charge in [-0.05, 0) is 103 Å². The Morgan fingerprint density at radius 3 is 0.917 bits per heavy atom. The lowest BCUT2D eigenvalue weighted by Gasteiger charge is -2.18. The van der Waals surface area contributed by atoms with Crippen molar-refractivity contribution in [2.75, 3.05) is 13.2 Å². The van der Waals surface area contributed by atoms with Gasteiger partial charge in [-0.15, -0.1) is 0 Å². The molecule has 0 saturated carbocycles. The first kappa shape index (κ1) is 68.6. The van der Waals surface area contributed by atoms with E-state index >= 15 is 0 Å². The minimum absolute atomic E-state index is 0.0889. The van der Waals surface area contributed by atoms with Crippen LogP contribution in [0.2, 0.25) is 0 Å². The van der Waals surface area contributed by atoms with Crippen LogP contribution >= 0.6 is 0 Å². The fourth-order valence-corrected chi connectivity index (χ4v) is 8.52. The number of carbonyl (C=O) groups excluding carboxylic acids is 3. The Morgan fingerprint density at radius 1 is 0.292 bits per heavy atom. The molecule has 1 unspecified atom stereocenters. The van der Waals surface area contributed by atoms with Crippen molar-refractivity contribution < 1.29 is 28.6 Å². The topological polar surface area (TPSA) is 78.9 Å². The van der Waals surface area contributed by atoms with Gasteiger partial charge in [-0.1, -0.05) is 260 Å². The quantitative estimate of drug-likeness (QED) is 0.0199. The Labute approximate surface area is 445 Å². The van der Waals surface area contributed by atoms with Gasteiger partial charge in [-0.25, -0.2) is 0 Å². The van der Waals surface area contributed by atoms with Gasteiger partial charge in [0.25, 0.3) is 0 Å². The van der Waals surface area contributed by atoms with Crippen molar-refractivity contribution >= 4 is 17.9 Å². The smallest absolute Gasteiger partial charge is 0.306 e. The number of rotatable bonds is 55. The molecular weight excluding hydrogens is 889 g/mol. The third-order valence-corrected chi connectivity index (χ3v) is 13.2. The van der Waals surface area contributed by atoms with Crippen molar-refractivity contribution in [3.05, 3.63) is 85.1 Å². The lowest BCUT2D eigenvalue weighted by Crippen LogP contribution is -2.30. The fourth-order valence-electron chi connectivity index (χ4n) is 8.52. The zero-order valence-corrected chi connectivity index (χ0v) is 47.4. The molecule has 0 aromatic heterocycles. The molecule has 0 aliphatic heterocycles. The molecule has 0 aromatic rings. The summed E-state index contributed by atoms with van der Waals surface area (Å²) in [5.74, 6) is -0.910. The normalized spacial score (nSPS) is 12.7. The highest BCUT2D eigenvalue weighted by Crippen LogP contribution is 2.15. The van der Waals surface area contributed by atoms with E-state index in [1.165, 1.54) is 161 Å². The number of ether oxygens (including phenoxy) is 3. The number of esters is 3. The van der Waals surface area contributed by atoms with Gasteiger partial charge in [-0.3, -0.25) is 14.4 Å². The zero-order valence-electron chi connectivity index (χ0n) is 47.4. The van der Waals surface area contributed by atoms with E-state index in [9.17, 15) is 14.4 Å². The molecule has 0 saturated heterocycles. The molecule has 0 spiro atoms. The molecule has 0 rings (SSSR count). The van der Waals surface area contributed by atoms with E-state index < -0.39 is 6.10 Å². The molecule has 1 atom stereocenters. The van der Waals surface area contributed by atoms with Crippen molar-refractivity contribution in [1.29, 1.82) is 0 Å². The van der Waals surface area contributed by atoms with Crippen LogP contribution in [0.5, 0.6) is 0 Å². The van der Waals surface area contributed by atoms with E-state index in [1.807, 2.05) is 0 Å². The van der Waals surface area contributed by atoms with Gasteiger partial charge < -0.3 is 14.2 Å². The van der Waals surface area contributed by atoms with E-state index in [2.05, 4.69) is 106 Å². The summed E-state index contributed by atoms with van der Waals surface area (Å²) in [5.41, 5.74) is 0. The van der Waals surface area contributed by atoms with Gasteiger partial charge in [0.15, 0.2) is 6.10 Å². The average Bonchev–Trinajstić information content (AvgIpc) is 3.38. The van der Waals surface area contributed by atoms with E-state index in [4.69, 9.17) is 14.2 Å². The Hall–Kier alpha value is -3.41. The van der Waals surface area contributed by atoms with E-state index in [0.717, 1.165) is 96.3 Å². The summed E-state index contributed by atoms with van der Waals surface area (Å²) in [4.78, 5) is 38.3. The first-order chi connectivity index (χ1) is 35.5. The van der Waals surface area contributed by atoms with Crippen LogP contribution in [0.25, 0.3) is 0 Å². The van der Waals surface area contributed by atoms with Gasteiger partial charge in [0, 0.05) is 19.3 Å². The lowest BCUT2D eigenvalue weighted by molar-refractivity contribution is -0.167. The van der Waals surface area contributed by atoms with Crippen LogP contribution in [0.15, 0.2) is 85.1 Å². The number of allylic oxidation sites excluding steroid dienone is 14. The molecule has 0 aromatic carbocycles. The summed E-state index contributed by atoms with van der Waals surface area (Å²) in [6.45, 7) is 6.57. The molecule has 6 heteroatoms. The second-order valence-corrected chi connectivity index (χ2v) is 20.3. The molecule has 0 radical (unpaired) electrons. The Morgan fingerprint density at radius 2 is 0.556 bits per heavy atom. The SMILES string of the molecule is CCCCC/C=C\C=C/CCCCCCCCCCCCC(=O)OCC(COC(=O)CCCCCCCCC/C=C\C/C=C\CCCCC)OC(=O)CCCCCCC\C=C/C=C\C=C/CCCCCCC. The molecule has 0 N–H and O–H groups in total. The molecule has 414 valence electrons. The molecule has 0 bridgehead atoms. The highest BCUT2D eigenvalue weighted by molar-refractivity contribution is 5.71. The molecular formula is C66H114O6. The van der Waals surface area contributed by atoms with E-state index in [-0.39, 0.29) is 31.1 Å². The number of hydrogen-bond donors (Lipinski definition) is 0. The minimum atomic E-state index is -0.794. The Balaban J connectivity index is 4.44. The van der Waals surface area contributed by atoms with Crippen molar-refractivity contribution in [1.82, 2.24) is 0 Å². The number of unbranched alkanes of at least 4 members (excludes halogenated alkanes) is 33. The van der Waals surface area contributed by atoms with Gasteiger partial charge in [-0.2, -0.15) is 0 Å². The fraction of sp³-hybridized carbons (Fsp3) is 0.742. The monoisotopic (exact) mass is 1000 g/mol. The molecule has 72 heavy (non-hydrogen) atoms. The number of hydrogen-bond acceptors (Lipinski definition) is 6. The van der Waals surface area contributed by atoms with Crippen molar-refractivity contribution in [3.8, 4) is 0 Å². The van der Waals surface area contributed by atoms with Crippen LogP contribution in [0.1, 0.15) is 297 Å². The van der Waals surface area contributed by atoms with Crippen molar-refractivity contribution in [2.24, 2.45) is 0 Å². The molecule has 0 aliphatic carbocycles. The summed E-state index contributed by atoms with van der Waals surface area (Å²) in [5, 5.41) is 0. The second kappa shape index (κ2) is 60.1. The van der Waals surface area contributed by atoms with Gasteiger partial charge in [0.05, 0.1) is 0 Å². The predicted molar refractivity (Wildman–Crippen MR) is 311 cm³/mol. The van der Waals surface area contributed by atoms with Gasteiger partial charge in [0.1, 0.15) is 13.2 Å². The van der Waals surface area contributed by atoms with Crippen LogP contribution < -0.4 is 0 Å². The molecule has 0 aliphatic rings. The maximum Gasteiger partial charge on any atom is 0.306 e. The van der Waals surface area contributed by atoms with E-state index in [1.54, 1.807) is 0 Å². The minimum Gasteiger partial charge on any atom is -0.462 e. The van der Waals surface area contributed by atoms with Crippen LogP contribution in [0, 0.1) is 0 Å². The van der Waals surface area contributed by atoms with Crippen LogP contribution in [-0.2, 0) is 28.6 Å². The second-order valence-electron chi connectivity index (χ2n) is 20.3. The van der Waals surface area contributed by atoms with Crippen molar-refractivity contribution in [2.45, 2.75) is 303 Å². The summed E-state index contributed by atoms with van der Waals surface area (Å²) < 4.78 is 16.9. The summed E-state index contributed by atoms with van der Waals surface area (Å²) in [6, 6.07) is 0. The highest BCUT2D eigenvalue weighted by atomic mass is 16.6. The molecule has 0 amide bonds. The summed E-state index contributed by atoms with van der Waals surface area (Å²) in [6.07, 6.45) is 78.5. The average molecular weight is 1000 g/mol. The Kier molecular flexibility index (Phi) is 57.3. The van der Waals surface area contributed by atoms with E-state index in [0.29, 0.717) is 19.3 Å². The highest BCUT2D eigenvalue weighted by Gasteiger charge is 2.19. The molecule has 6 nitrogen and oxygen atoms in total. The molecule has 0 heterocycles. The van der Waals surface area contributed by atoms with Crippen molar-refractivity contribution in [3.63, 3.8) is 0 Å². The standard InChI is InChI=1S/C66H114O6/c1-4-7-10-13-16-19-22-25-28-31-33-36-38-41-44-47-50-53-56-59-65(68)71-62-63(61-70-64(67)58-55-52-49-46-43-40-37-34-30-27-24-21-18-15-12-9-6-3)72-66(69)60-57-54-51-48-45-42-39-35-32-29-26-23-20-17-14-11-8-5-2/h16,18-19,21-23,25-27,29-30,32,35,39,63H,4-15,17,20,24,28,31,33-34,36-38,40-62H2,1-3H3/b19-16-,21-18-,25-22-,26-23-,30-27-,32-29-,39-35-. The predicted octanol–water partition coefficient (Wildman–Crippen LogP) is 20.7. The summed E-state index contributed by atoms with van der Waals surface area (Å²) >= 11 is 0. The lowest BCUT2D eigenvalue weighted by atomic mass is 10.1. The van der Waals surface area contributed by atoms with Gasteiger partial charge >= 0.3 is 17.9 Å². The Bertz CT molecular complexity index is 1380. The molecule has 0 fully saturated rings. The number of carbonyl (C=O) groups is 3. The zero-order chi connectivity index (χ0) is 52.2. The van der Waals surface area contributed by atoms with Crippen LogP contribution in [-0.4, -0.2) is 37.2 Å². The maximum absolute atomic E-state index is 12.9.